The number of sulfonamides is 1. The smallest absolute Gasteiger partial charge is 0.249 e. The average molecular weight is 559 g/mol. The topological polar surface area (TPSA) is 116 Å². The molecule has 39 heavy (non-hydrogen) atoms. The number of likely N-dealkylation sites (tertiary alicyclic amines) is 1. The lowest BCUT2D eigenvalue weighted by atomic mass is 10.0. The number of piperidine rings is 1. The summed E-state index contributed by atoms with van der Waals surface area (Å²) < 4.78 is 40.2. The van der Waals surface area contributed by atoms with Crippen LogP contribution in [-0.2, 0) is 19.6 Å². The van der Waals surface area contributed by atoms with Gasteiger partial charge in [0, 0.05) is 38.4 Å². The Morgan fingerprint density at radius 1 is 1.05 bits per heavy atom. The van der Waals surface area contributed by atoms with Gasteiger partial charge in [0.2, 0.25) is 15.9 Å². The van der Waals surface area contributed by atoms with Crippen molar-refractivity contribution < 1.29 is 22.7 Å². The van der Waals surface area contributed by atoms with Gasteiger partial charge in [0.25, 0.3) is 0 Å². The zero-order valence-electron chi connectivity index (χ0n) is 23.0. The third-order valence-electron chi connectivity index (χ3n) is 7.94. The van der Waals surface area contributed by atoms with Gasteiger partial charge in [-0.05, 0) is 77.0 Å². The number of carbonyl (C=O) groups excluding carboxylic acids is 1. The fourth-order valence-electron chi connectivity index (χ4n) is 5.61. The summed E-state index contributed by atoms with van der Waals surface area (Å²) in [6.45, 7) is 4.96. The van der Waals surface area contributed by atoms with Gasteiger partial charge in [-0.2, -0.15) is 0 Å². The van der Waals surface area contributed by atoms with Gasteiger partial charge in [0.05, 0.1) is 23.4 Å². The third kappa shape index (κ3) is 5.69. The van der Waals surface area contributed by atoms with Crippen LogP contribution in [0.5, 0.6) is 5.75 Å². The molecule has 11 nitrogen and oxygen atoms in total. The zero-order valence-corrected chi connectivity index (χ0v) is 23.8. The summed E-state index contributed by atoms with van der Waals surface area (Å²) in [5.41, 5.74) is 1.35. The van der Waals surface area contributed by atoms with E-state index in [0.29, 0.717) is 30.5 Å². The fraction of sp³-hybridized carbons (Fsp3) is 0.556. The number of aromatic nitrogens is 1. The van der Waals surface area contributed by atoms with Gasteiger partial charge in [0.1, 0.15) is 17.6 Å². The molecule has 0 bridgehead atoms. The molecule has 2 aromatic rings. The molecule has 1 atom stereocenters. The van der Waals surface area contributed by atoms with Gasteiger partial charge in [-0.25, -0.2) is 18.1 Å². The number of rotatable bonds is 7. The van der Waals surface area contributed by atoms with Crippen LogP contribution in [0.3, 0.4) is 0 Å². The highest BCUT2D eigenvalue weighted by molar-refractivity contribution is 7.89. The first-order valence-electron chi connectivity index (χ1n) is 13.5. The SMILES string of the molecule is COc1cc(S(=O)(=O)NC2CCN(C)CC2)ccc1Nc1ccc2c(n1)N(C1CCOCC1)[C@H](C)C(=O)N2C. The van der Waals surface area contributed by atoms with E-state index >= 15 is 0 Å². The highest BCUT2D eigenvalue weighted by Crippen LogP contribution is 2.39. The summed E-state index contributed by atoms with van der Waals surface area (Å²) in [5, 5.41) is 3.29. The quantitative estimate of drug-likeness (QED) is 0.529. The molecule has 12 heteroatoms. The average Bonchev–Trinajstić information content (AvgIpc) is 2.94. The van der Waals surface area contributed by atoms with Gasteiger partial charge in [0.15, 0.2) is 5.82 Å². The summed E-state index contributed by atoms with van der Waals surface area (Å²) in [5.74, 6) is 1.73. The van der Waals surface area contributed by atoms with E-state index in [1.165, 1.54) is 13.2 Å². The van der Waals surface area contributed by atoms with Crippen LogP contribution in [0.4, 0.5) is 23.0 Å². The van der Waals surface area contributed by atoms with E-state index in [1.807, 2.05) is 26.1 Å². The second-order valence-corrected chi connectivity index (χ2v) is 12.3. The number of likely N-dealkylation sites (N-methyl/N-ethyl adjacent to an activating group) is 1. The highest BCUT2D eigenvalue weighted by atomic mass is 32.2. The van der Waals surface area contributed by atoms with Crippen molar-refractivity contribution in [2.24, 2.45) is 0 Å². The van der Waals surface area contributed by atoms with Crippen molar-refractivity contribution in [2.45, 2.75) is 55.6 Å². The number of hydrogen-bond donors (Lipinski definition) is 2. The summed E-state index contributed by atoms with van der Waals surface area (Å²) in [7, 11) is 1.63. The van der Waals surface area contributed by atoms with Gasteiger partial charge in [-0.3, -0.25) is 4.79 Å². The molecule has 2 fully saturated rings. The molecule has 4 heterocycles. The van der Waals surface area contributed by atoms with Crippen LogP contribution in [0.2, 0.25) is 0 Å². The van der Waals surface area contributed by atoms with E-state index in [2.05, 4.69) is 19.8 Å². The molecule has 2 N–H and O–H groups in total. The maximum absolute atomic E-state index is 13.1. The third-order valence-corrected chi connectivity index (χ3v) is 9.45. The Kier molecular flexibility index (Phi) is 7.99. The van der Waals surface area contributed by atoms with E-state index in [-0.39, 0.29) is 28.9 Å². The van der Waals surface area contributed by atoms with Crippen molar-refractivity contribution in [3.8, 4) is 5.75 Å². The number of benzene rings is 1. The fourth-order valence-corrected chi connectivity index (χ4v) is 6.93. The van der Waals surface area contributed by atoms with Gasteiger partial charge >= 0.3 is 0 Å². The van der Waals surface area contributed by atoms with Crippen molar-refractivity contribution in [3.05, 3.63) is 30.3 Å². The molecule has 1 aromatic carbocycles. The normalized spacial score (nSPS) is 21.6. The molecule has 1 aromatic heterocycles. The van der Waals surface area contributed by atoms with E-state index in [4.69, 9.17) is 14.5 Å². The molecule has 5 rings (SSSR count). The van der Waals surface area contributed by atoms with E-state index in [0.717, 1.165) is 50.3 Å². The molecule has 0 aliphatic carbocycles. The minimum atomic E-state index is -3.70. The first-order chi connectivity index (χ1) is 18.7. The Labute approximate surface area is 230 Å². The maximum atomic E-state index is 13.1. The van der Waals surface area contributed by atoms with E-state index < -0.39 is 10.0 Å². The number of amides is 1. The van der Waals surface area contributed by atoms with Crippen LogP contribution >= 0.6 is 0 Å². The van der Waals surface area contributed by atoms with Crippen molar-refractivity contribution >= 4 is 38.9 Å². The van der Waals surface area contributed by atoms with Crippen molar-refractivity contribution in [1.29, 1.82) is 0 Å². The minimum Gasteiger partial charge on any atom is -0.495 e. The number of fused-ring (bicyclic) bond motifs is 1. The van der Waals surface area contributed by atoms with Crippen molar-refractivity contribution in [1.82, 2.24) is 14.6 Å². The molecule has 2 saturated heterocycles. The summed E-state index contributed by atoms with van der Waals surface area (Å²) in [6, 6.07) is 8.22. The van der Waals surface area contributed by atoms with Crippen LogP contribution in [-0.4, -0.2) is 89.8 Å². The number of nitrogens with one attached hydrogen (secondary N) is 2. The Bertz CT molecular complexity index is 1310. The predicted octanol–water partition coefficient (Wildman–Crippen LogP) is 2.56. The van der Waals surface area contributed by atoms with Crippen molar-refractivity contribution in [3.63, 3.8) is 0 Å². The van der Waals surface area contributed by atoms with E-state index in [1.54, 1.807) is 24.1 Å². The van der Waals surface area contributed by atoms with Crippen LogP contribution in [0.1, 0.15) is 32.6 Å². The molecular weight excluding hydrogens is 520 g/mol. The minimum absolute atomic E-state index is 0.0313. The molecule has 0 unspecified atom stereocenters. The number of pyridine rings is 1. The molecule has 212 valence electrons. The molecule has 3 aliphatic heterocycles. The summed E-state index contributed by atoms with van der Waals surface area (Å²) in [6.07, 6.45) is 3.21. The second kappa shape index (κ2) is 11.3. The number of ether oxygens (including phenoxy) is 2. The Balaban J connectivity index is 1.39. The lowest BCUT2D eigenvalue weighted by Crippen LogP contribution is -2.56. The number of carbonyl (C=O) groups is 1. The van der Waals surface area contributed by atoms with Gasteiger partial charge in [-0.15, -0.1) is 0 Å². The number of methoxy groups -OCH3 is 1. The first-order valence-corrected chi connectivity index (χ1v) is 15.0. The van der Waals surface area contributed by atoms with E-state index in [9.17, 15) is 13.2 Å². The number of hydrogen-bond acceptors (Lipinski definition) is 9. The zero-order chi connectivity index (χ0) is 27.7. The van der Waals surface area contributed by atoms with Crippen LogP contribution in [0, 0.1) is 0 Å². The van der Waals surface area contributed by atoms with Crippen LogP contribution in [0.25, 0.3) is 0 Å². The molecule has 1 amide bonds. The second-order valence-electron chi connectivity index (χ2n) is 10.5. The molecule has 3 aliphatic rings. The standard InChI is InChI=1S/C27H38N6O5S/c1-18-27(34)32(3)23-7-8-25(29-26(23)33(18)20-11-15-38-16-12-20)28-22-6-5-21(17-24(22)37-4)39(35,36)30-19-9-13-31(2)14-10-19/h5-8,17-20,30H,9-16H2,1-4H3,(H,28,29)/t18-/m1/s1. The number of anilines is 4. The van der Waals surface area contributed by atoms with Crippen molar-refractivity contribution in [2.75, 3.05) is 62.6 Å². The molecule has 0 radical (unpaired) electrons. The van der Waals surface area contributed by atoms with Crippen LogP contribution < -0.4 is 24.6 Å². The Hall–Kier alpha value is -2.93. The summed E-state index contributed by atoms with van der Waals surface area (Å²) >= 11 is 0. The Morgan fingerprint density at radius 2 is 1.77 bits per heavy atom. The maximum Gasteiger partial charge on any atom is 0.249 e. The summed E-state index contributed by atoms with van der Waals surface area (Å²) in [4.78, 5) is 24.0. The molecule has 0 saturated carbocycles. The monoisotopic (exact) mass is 558 g/mol. The van der Waals surface area contributed by atoms with Crippen LogP contribution in [0.15, 0.2) is 35.2 Å². The predicted molar refractivity (Wildman–Crippen MR) is 151 cm³/mol. The molecule has 0 spiro atoms. The highest BCUT2D eigenvalue weighted by Gasteiger charge is 2.39. The first kappa shape index (κ1) is 27.6. The largest absolute Gasteiger partial charge is 0.495 e. The van der Waals surface area contributed by atoms with Gasteiger partial charge in [-0.1, -0.05) is 0 Å². The molecular formula is C27H38N6O5S. The Morgan fingerprint density at radius 3 is 2.46 bits per heavy atom. The van der Waals surface area contributed by atoms with Gasteiger partial charge < -0.3 is 29.5 Å². The lowest BCUT2D eigenvalue weighted by Gasteiger charge is -2.44. The lowest BCUT2D eigenvalue weighted by molar-refractivity contribution is -0.119. The number of nitrogens with zero attached hydrogens (tertiary/aromatic N) is 4.